The summed E-state index contributed by atoms with van der Waals surface area (Å²) in [5.41, 5.74) is 0.665. The molecule has 6 nitrogen and oxygen atoms in total. The zero-order valence-corrected chi connectivity index (χ0v) is 17.4. The highest BCUT2D eigenvalue weighted by atomic mass is 79.9. The average molecular weight is 435 g/mol. The van der Waals surface area contributed by atoms with Gasteiger partial charge < -0.3 is 19.4 Å². The molecule has 2 heterocycles. The number of furan rings is 1. The van der Waals surface area contributed by atoms with E-state index in [-0.39, 0.29) is 24.2 Å². The van der Waals surface area contributed by atoms with Gasteiger partial charge in [-0.15, -0.1) is 0 Å². The van der Waals surface area contributed by atoms with Crippen LogP contribution in [0.25, 0.3) is 0 Å². The van der Waals surface area contributed by atoms with E-state index in [0.29, 0.717) is 28.6 Å². The fourth-order valence-corrected chi connectivity index (χ4v) is 3.21. The third kappa shape index (κ3) is 4.18. The number of fused-ring (bicyclic) bond motifs is 1. The van der Waals surface area contributed by atoms with E-state index < -0.39 is 5.41 Å². The second-order valence-electron chi connectivity index (χ2n) is 7.72. The Labute approximate surface area is 167 Å². The first-order valence-electron chi connectivity index (χ1n) is 8.83. The molecule has 7 heteroatoms. The van der Waals surface area contributed by atoms with Crippen LogP contribution < -0.4 is 15.0 Å². The van der Waals surface area contributed by atoms with Gasteiger partial charge in [-0.05, 0) is 60.0 Å². The SMILES string of the molecule is CC(C)CN1C(=O)C(C)(C)COc2cc(NC(=O)c3ccc(Br)o3)ccc21. The van der Waals surface area contributed by atoms with E-state index in [0.717, 1.165) is 5.69 Å². The molecule has 1 aliphatic heterocycles. The third-order valence-electron chi connectivity index (χ3n) is 4.27. The number of hydrogen-bond acceptors (Lipinski definition) is 4. The Bertz CT molecular complexity index is 873. The quantitative estimate of drug-likeness (QED) is 0.756. The van der Waals surface area contributed by atoms with E-state index in [1.54, 1.807) is 29.2 Å². The van der Waals surface area contributed by atoms with Gasteiger partial charge >= 0.3 is 0 Å². The van der Waals surface area contributed by atoms with Gasteiger partial charge in [0.25, 0.3) is 5.91 Å². The molecule has 1 aromatic heterocycles. The Balaban J connectivity index is 1.90. The summed E-state index contributed by atoms with van der Waals surface area (Å²) >= 11 is 3.18. The molecule has 0 atom stereocenters. The summed E-state index contributed by atoms with van der Waals surface area (Å²) in [5, 5.41) is 2.79. The van der Waals surface area contributed by atoms with Crippen molar-refractivity contribution in [2.45, 2.75) is 27.7 Å². The summed E-state index contributed by atoms with van der Waals surface area (Å²) in [6.07, 6.45) is 0. The average Bonchev–Trinajstić information content (AvgIpc) is 3.01. The molecule has 1 aliphatic rings. The van der Waals surface area contributed by atoms with Gasteiger partial charge in [0.05, 0.1) is 11.1 Å². The highest BCUT2D eigenvalue weighted by molar-refractivity contribution is 9.10. The predicted octanol–water partition coefficient (Wildman–Crippen LogP) is 4.70. The molecule has 144 valence electrons. The first-order valence-corrected chi connectivity index (χ1v) is 9.62. The van der Waals surface area contributed by atoms with Gasteiger partial charge in [-0.25, -0.2) is 0 Å². The zero-order valence-electron chi connectivity index (χ0n) is 15.8. The molecule has 1 aromatic carbocycles. The van der Waals surface area contributed by atoms with Gasteiger partial charge in [0.1, 0.15) is 12.4 Å². The molecule has 0 fully saturated rings. The molecule has 1 N–H and O–H groups in total. The molecular weight excluding hydrogens is 412 g/mol. The first-order chi connectivity index (χ1) is 12.7. The maximum absolute atomic E-state index is 13.0. The largest absolute Gasteiger partial charge is 0.490 e. The topological polar surface area (TPSA) is 71.8 Å². The van der Waals surface area contributed by atoms with Crippen molar-refractivity contribution in [3.8, 4) is 5.75 Å². The molecule has 2 amide bonds. The van der Waals surface area contributed by atoms with Crippen LogP contribution in [0.3, 0.4) is 0 Å². The standard InChI is InChI=1S/C20H23BrN2O4/c1-12(2)10-23-14-6-5-13(22-18(24)15-7-8-17(21)27-15)9-16(14)26-11-20(3,4)19(23)25/h5-9,12H,10-11H2,1-4H3,(H,22,24). The number of nitrogens with one attached hydrogen (secondary N) is 1. The maximum Gasteiger partial charge on any atom is 0.291 e. The number of carbonyl (C=O) groups excluding carboxylic acids is 2. The second-order valence-corrected chi connectivity index (χ2v) is 8.50. The van der Waals surface area contributed by atoms with Crippen LogP contribution in [0.5, 0.6) is 5.75 Å². The minimum Gasteiger partial charge on any atom is -0.490 e. The van der Waals surface area contributed by atoms with Crippen LogP contribution in [-0.4, -0.2) is 25.0 Å². The Morgan fingerprint density at radius 1 is 1.30 bits per heavy atom. The minimum atomic E-state index is -0.627. The van der Waals surface area contributed by atoms with Gasteiger partial charge in [-0.1, -0.05) is 13.8 Å². The molecule has 0 spiro atoms. The smallest absolute Gasteiger partial charge is 0.291 e. The number of hydrogen-bond donors (Lipinski definition) is 1. The predicted molar refractivity (Wildman–Crippen MR) is 107 cm³/mol. The number of benzene rings is 1. The fourth-order valence-electron chi connectivity index (χ4n) is 2.90. The van der Waals surface area contributed by atoms with E-state index in [1.807, 2.05) is 19.9 Å². The molecule has 27 heavy (non-hydrogen) atoms. The molecule has 2 aromatic rings. The zero-order chi connectivity index (χ0) is 19.8. The summed E-state index contributed by atoms with van der Waals surface area (Å²) in [6.45, 7) is 8.78. The molecule has 0 radical (unpaired) electrons. The maximum atomic E-state index is 13.0. The van der Waals surface area contributed by atoms with E-state index in [1.165, 1.54) is 0 Å². The summed E-state index contributed by atoms with van der Waals surface area (Å²) in [7, 11) is 0. The van der Waals surface area contributed by atoms with E-state index in [9.17, 15) is 9.59 Å². The molecule has 0 bridgehead atoms. The molecule has 0 aliphatic carbocycles. The van der Waals surface area contributed by atoms with E-state index in [2.05, 4.69) is 35.1 Å². The lowest BCUT2D eigenvalue weighted by molar-refractivity contribution is -0.127. The van der Waals surface area contributed by atoms with Crippen molar-refractivity contribution < 1.29 is 18.7 Å². The third-order valence-corrected chi connectivity index (χ3v) is 4.69. The first kappa shape index (κ1) is 19.5. The number of halogens is 1. The van der Waals surface area contributed by atoms with Crippen LogP contribution in [0, 0.1) is 11.3 Å². The van der Waals surface area contributed by atoms with Gasteiger partial charge in [-0.3, -0.25) is 9.59 Å². The van der Waals surface area contributed by atoms with E-state index >= 15 is 0 Å². The molecular formula is C20H23BrN2O4. The number of rotatable bonds is 4. The van der Waals surface area contributed by atoms with Crippen LogP contribution >= 0.6 is 15.9 Å². The van der Waals surface area contributed by atoms with Crippen molar-refractivity contribution in [3.05, 3.63) is 40.8 Å². The van der Waals surface area contributed by atoms with Crippen molar-refractivity contribution in [1.82, 2.24) is 0 Å². The van der Waals surface area contributed by atoms with Gasteiger partial charge in [-0.2, -0.15) is 0 Å². The number of carbonyl (C=O) groups is 2. The number of nitrogens with zero attached hydrogens (tertiary/aromatic N) is 1. The Kier molecular flexibility index (Phi) is 5.33. The minimum absolute atomic E-state index is 0.0344. The van der Waals surface area contributed by atoms with Crippen LogP contribution in [0.2, 0.25) is 0 Å². The van der Waals surface area contributed by atoms with Crippen LogP contribution in [-0.2, 0) is 4.79 Å². The van der Waals surface area contributed by atoms with Crippen LogP contribution in [0.4, 0.5) is 11.4 Å². The summed E-state index contributed by atoms with van der Waals surface area (Å²) in [6, 6.07) is 8.56. The van der Waals surface area contributed by atoms with Crippen molar-refractivity contribution in [2.75, 3.05) is 23.4 Å². The molecule has 0 saturated heterocycles. The highest BCUT2D eigenvalue weighted by Gasteiger charge is 2.38. The van der Waals surface area contributed by atoms with Crippen molar-refractivity contribution in [1.29, 1.82) is 0 Å². The van der Waals surface area contributed by atoms with Gasteiger partial charge in [0.15, 0.2) is 10.4 Å². The molecule has 0 unspecified atom stereocenters. The van der Waals surface area contributed by atoms with Crippen molar-refractivity contribution in [2.24, 2.45) is 11.3 Å². The summed E-state index contributed by atoms with van der Waals surface area (Å²) in [5.74, 6) is 0.771. The number of anilines is 2. The Morgan fingerprint density at radius 2 is 2.04 bits per heavy atom. The number of ether oxygens (including phenoxy) is 1. The monoisotopic (exact) mass is 434 g/mol. The second kappa shape index (κ2) is 7.38. The Hall–Kier alpha value is -2.28. The molecule has 3 rings (SSSR count). The van der Waals surface area contributed by atoms with Gasteiger partial charge in [0.2, 0.25) is 5.91 Å². The van der Waals surface area contributed by atoms with E-state index in [4.69, 9.17) is 9.15 Å². The van der Waals surface area contributed by atoms with Crippen LogP contribution in [0.1, 0.15) is 38.2 Å². The lowest BCUT2D eigenvalue weighted by atomic mass is 9.92. The fraction of sp³-hybridized carbons (Fsp3) is 0.400. The van der Waals surface area contributed by atoms with Crippen molar-refractivity contribution >= 4 is 39.1 Å². The summed E-state index contributed by atoms with van der Waals surface area (Å²) in [4.78, 5) is 27.1. The lowest BCUT2D eigenvalue weighted by Crippen LogP contribution is -2.43. The number of amides is 2. The highest BCUT2D eigenvalue weighted by Crippen LogP contribution is 2.38. The Morgan fingerprint density at radius 3 is 2.67 bits per heavy atom. The van der Waals surface area contributed by atoms with Crippen molar-refractivity contribution in [3.63, 3.8) is 0 Å². The normalized spacial score (nSPS) is 15.9. The molecule has 0 saturated carbocycles. The summed E-state index contributed by atoms with van der Waals surface area (Å²) < 4.78 is 11.7. The lowest BCUT2D eigenvalue weighted by Gasteiger charge is -2.29. The van der Waals surface area contributed by atoms with Crippen LogP contribution in [0.15, 0.2) is 39.4 Å². The van der Waals surface area contributed by atoms with Gasteiger partial charge in [0, 0.05) is 18.3 Å².